The molecule has 1 aromatic heterocycles. The van der Waals surface area contributed by atoms with Gasteiger partial charge in [-0.3, -0.25) is 4.79 Å². The summed E-state index contributed by atoms with van der Waals surface area (Å²) in [4.78, 5) is 16.0. The van der Waals surface area contributed by atoms with Crippen LogP contribution in [0.5, 0.6) is 0 Å². The first-order valence-corrected chi connectivity index (χ1v) is 6.42. The van der Waals surface area contributed by atoms with E-state index in [1.807, 2.05) is 24.3 Å². The van der Waals surface area contributed by atoms with Crippen molar-refractivity contribution in [2.75, 3.05) is 5.73 Å². The van der Waals surface area contributed by atoms with Crippen LogP contribution in [0, 0.1) is 0 Å². The second-order valence-corrected chi connectivity index (χ2v) is 5.07. The zero-order valence-electron chi connectivity index (χ0n) is 9.36. The second kappa shape index (κ2) is 5.50. The number of pyridine rings is 1. The number of benzene rings is 1. The molecular formula is C13H10BrClN2O. The first-order valence-electron chi connectivity index (χ1n) is 5.25. The summed E-state index contributed by atoms with van der Waals surface area (Å²) in [5.74, 6) is -0.132. The minimum absolute atomic E-state index is 0.132. The Labute approximate surface area is 118 Å². The molecule has 0 amide bonds. The summed E-state index contributed by atoms with van der Waals surface area (Å²) in [6.45, 7) is 0. The van der Waals surface area contributed by atoms with Gasteiger partial charge in [0, 0.05) is 22.8 Å². The molecule has 0 atom stereocenters. The summed E-state index contributed by atoms with van der Waals surface area (Å²) in [7, 11) is 0. The highest BCUT2D eigenvalue weighted by atomic mass is 79.9. The fourth-order valence-corrected chi connectivity index (χ4v) is 2.14. The van der Waals surface area contributed by atoms with E-state index in [4.69, 9.17) is 17.3 Å². The molecule has 0 aliphatic heterocycles. The Morgan fingerprint density at radius 1 is 1.28 bits per heavy atom. The smallest absolute Gasteiger partial charge is 0.172 e. The Kier molecular flexibility index (Phi) is 3.99. The van der Waals surface area contributed by atoms with Crippen LogP contribution >= 0.6 is 27.5 Å². The van der Waals surface area contributed by atoms with E-state index in [1.54, 1.807) is 6.07 Å². The van der Waals surface area contributed by atoms with E-state index in [0.29, 0.717) is 11.3 Å². The van der Waals surface area contributed by atoms with Gasteiger partial charge < -0.3 is 5.73 Å². The number of hydrogen-bond donors (Lipinski definition) is 1. The molecule has 0 bridgehead atoms. The molecule has 1 heterocycles. The van der Waals surface area contributed by atoms with Gasteiger partial charge in [-0.1, -0.05) is 39.7 Å². The van der Waals surface area contributed by atoms with Gasteiger partial charge in [0.2, 0.25) is 0 Å². The van der Waals surface area contributed by atoms with Crippen molar-refractivity contribution < 1.29 is 4.79 Å². The molecule has 0 radical (unpaired) electrons. The number of nitrogen functional groups attached to an aromatic ring is 1. The molecule has 3 nitrogen and oxygen atoms in total. The molecule has 0 saturated carbocycles. The second-order valence-electron chi connectivity index (χ2n) is 3.79. The number of anilines is 1. The van der Waals surface area contributed by atoms with Gasteiger partial charge in [0.15, 0.2) is 5.78 Å². The summed E-state index contributed by atoms with van der Waals surface area (Å²) in [6, 6.07) is 9.10. The quantitative estimate of drug-likeness (QED) is 0.694. The average molecular weight is 326 g/mol. The number of hydrogen-bond acceptors (Lipinski definition) is 3. The maximum atomic E-state index is 12.1. The van der Waals surface area contributed by atoms with Crippen LogP contribution in [0.25, 0.3) is 0 Å². The highest BCUT2D eigenvalue weighted by Gasteiger charge is 2.15. The van der Waals surface area contributed by atoms with Crippen LogP contribution in [0.3, 0.4) is 0 Å². The molecule has 2 rings (SSSR count). The van der Waals surface area contributed by atoms with Crippen LogP contribution in [0.2, 0.25) is 5.15 Å². The lowest BCUT2D eigenvalue weighted by atomic mass is 10.0. The number of rotatable bonds is 3. The van der Waals surface area contributed by atoms with Gasteiger partial charge in [-0.2, -0.15) is 0 Å². The van der Waals surface area contributed by atoms with Crippen LogP contribution in [0.1, 0.15) is 15.9 Å². The molecule has 0 aliphatic carbocycles. The lowest BCUT2D eigenvalue weighted by Crippen LogP contribution is -2.08. The van der Waals surface area contributed by atoms with Crippen LogP contribution in [-0.4, -0.2) is 10.8 Å². The topological polar surface area (TPSA) is 56.0 Å². The number of Topliss-reactive ketones (excluding diaryl/α,β-unsaturated/α-hetero) is 1. The molecule has 0 fully saturated rings. The van der Waals surface area contributed by atoms with Crippen molar-refractivity contribution in [1.82, 2.24) is 4.98 Å². The van der Waals surface area contributed by atoms with Crippen molar-refractivity contribution >= 4 is 39.0 Å². The van der Waals surface area contributed by atoms with E-state index in [1.165, 1.54) is 6.20 Å². The van der Waals surface area contributed by atoms with Gasteiger partial charge in [-0.15, -0.1) is 0 Å². The fraction of sp³-hybridized carbons (Fsp3) is 0.0769. The van der Waals surface area contributed by atoms with Crippen molar-refractivity contribution in [2.24, 2.45) is 0 Å². The molecular weight excluding hydrogens is 316 g/mol. The monoisotopic (exact) mass is 324 g/mol. The van der Waals surface area contributed by atoms with E-state index in [2.05, 4.69) is 20.9 Å². The van der Waals surface area contributed by atoms with Crippen molar-refractivity contribution in [3.63, 3.8) is 0 Å². The number of ketones is 1. The molecule has 2 aromatic rings. The zero-order chi connectivity index (χ0) is 13.1. The van der Waals surface area contributed by atoms with Gasteiger partial charge in [0.1, 0.15) is 5.15 Å². The summed E-state index contributed by atoms with van der Waals surface area (Å²) in [5, 5.41) is 0.150. The van der Waals surface area contributed by atoms with Crippen molar-refractivity contribution in [3.8, 4) is 0 Å². The van der Waals surface area contributed by atoms with Gasteiger partial charge in [0.05, 0.1) is 5.56 Å². The molecule has 0 unspecified atom stereocenters. The zero-order valence-corrected chi connectivity index (χ0v) is 11.7. The third-order valence-electron chi connectivity index (χ3n) is 2.49. The van der Waals surface area contributed by atoms with Crippen molar-refractivity contribution in [2.45, 2.75) is 6.42 Å². The molecule has 0 saturated heterocycles. The van der Waals surface area contributed by atoms with Gasteiger partial charge >= 0.3 is 0 Å². The number of carbonyl (C=O) groups excluding carboxylic acids is 1. The van der Waals surface area contributed by atoms with Gasteiger partial charge in [0.25, 0.3) is 0 Å². The minimum Gasteiger partial charge on any atom is -0.398 e. The maximum Gasteiger partial charge on any atom is 0.172 e. The third kappa shape index (κ3) is 2.89. The largest absolute Gasteiger partial charge is 0.398 e. The Bertz CT molecular complexity index is 564. The Morgan fingerprint density at radius 2 is 1.94 bits per heavy atom. The van der Waals surface area contributed by atoms with E-state index in [-0.39, 0.29) is 17.4 Å². The van der Waals surface area contributed by atoms with Crippen LogP contribution in [0.4, 0.5) is 5.69 Å². The molecule has 0 aliphatic rings. The molecule has 5 heteroatoms. The summed E-state index contributed by atoms with van der Waals surface area (Å²) in [5.41, 5.74) is 7.30. The molecule has 2 N–H and O–H groups in total. The highest BCUT2D eigenvalue weighted by molar-refractivity contribution is 9.10. The highest BCUT2D eigenvalue weighted by Crippen LogP contribution is 2.21. The molecule has 92 valence electrons. The normalized spacial score (nSPS) is 10.3. The maximum absolute atomic E-state index is 12.1. The molecule has 18 heavy (non-hydrogen) atoms. The summed E-state index contributed by atoms with van der Waals surface area (Å²) < 4.78 is 0.970. The van der Waals surface area contributed by atoms with E-state index in [9.17, 15) is 4.79 Å². The Hall–Kier alpha value is -1.39. The first kappa shape index (κ1) is 13.1. The SMILES string of the molecule is Nc1ccnc(Cl)c1C(=O)Cc1ccc(Br)cc1. The number of nitrogens with zero attached hydrogens (tertiary/aromatic N) is 1. The number of aromatic nitrogens is 1. The van der Waals surface area contributed by atoms with Crippen LogP contribution in [-0.2, 0) is 6.42 Å². The number of carbonyl (C=O) groups is 1. The lowest BCUT2D eigenvalue weighted by molar-refractivity contribution is 0.0993. The van der Waals surface area contributed by atoms with E-state index >= 15 is 0 Å². The molecule has 1 aromatic carbocycles. The standard InChI is InChI=1S/C13H10BrClN2O/c14-9-3-1-8(2-4-9)7-11(18)12-10(16)5-6-17-13(12)15/h1-6H,7H2,(H2,16,17). The first-order chi connectivity index (χ1) is 8.58. The Morgan fingerprint density at radius 3 is 2.56 bits per heavy atom. The van der Waals surface area contributed by atoms with Crippen LogP contribution < -0.4 is 5.73 Å². The van der Waals surface area contributed by atoms with Crippen molar-refractivity contribution in [1.29, 1.82) is 0 Å². The van der Waals surface area contributed by atoms with Crippen LogP contribution in [0.15, 0.2) is 41.0 Å². The summed E-state index contributed by atoms with van der Waals surface area (Å²) in [6.07, 6.45) is 1.73. The number of halogens is 2. The predicted molar refractivity (Wildman–Crippen MR) is 75.8 cm³/mol. The predicted octanol–water partition coefficient (Wildman–Crippen LogP) is 3.51. The van der Waals surface area contributed by atoms with E-state index < -0.39 is 0 Å². The average Bonchev–Trinajstić information content (AvgIpc) is 2.32. The summed E-state index contributed by atoms with van der Waals surface area (Å²) >= 11 is 9.24. The van der Waals surface area contributed by atoms with Gasteiger partial charge in [-0.25, -0.2) is 4.98 Å². The lowest BCUT2D eigenvalue weighted by Gasteiger charge is -2.06. The minimum atomic E-state index is -0.132. The number of nitrogens with two attached hydrogens (primary N) is 1. The third-order valence-corrected chi connectivity index (χ3v) is 3.31. The molecule has 0 spiro atoms. The fourth-order valence-electron chi connectivity index (χ4n) is 1.60. The van der Waals surface area contributed by atoms with E-state index in [0.717, 1.165) is 10.0 Å². The van der Waals surface area contributed by atoms with Gasteiger partial charge in [-0.05, 0) is 23.8 Å². The Balaban J connectivity index is 2.25. The van der Waals surface area contributed by atoms with Crippen molar-refractivity contribution in [3.05, 3.63) is 57.3 Å².